The number of anilines is 1. The Morgan fingerprint density at radius 1 is 1.23 bits per heavy atom. The Kier molecular flexibility index (Phi) is 2.93. The van der Waals surface area contributed by atoms with E-state index in [1.807, 2.05) is 0 Å². The Labute approximate surface area is 77.4 Å². The summed E-state index contributed by atoms with van der Waals surface area (Å²) in [4.78, 5) is 10.00. The number of amides is 1. The van der Waals surface area contributed by atoms with Crippen LogP contribution in [0.25, 0.3) is 0 Å². The van der Waals surface area contributed by atoms with Gasteiger partial charge >= 0.3 is 76.9 Å². The third-order valence-electron chi connectivity index (χ3n) is 1.43. The van der Waals surface area contributed by atoms with E-state index in [9.17, 15) is 8.53 Å². The van der Waals surface area contributed by atoms with Crippen LogP contribution in [0.15, 0.2) is 24.3 Å². The van der Waals surface area contributed by atoms with Crippen molar-refractivity contribution in [2.75, 3.05) is 5.32 Å². The van der Waals surface area contributed by atoms with Gasteiger partial charge in [0.1, 0.15) is 0 Å². The van der Waals surface area contributed by atoms with Gasteiger partial charge in [0.25, 0.3) is 0 Å². The zero-order valence-corrected chi connectivity index (χ0v) is 8.42. The maximum absolute atomic E-state index is 10.8. The van der Waals surface area contributed by atoms with E-state index in [1.54, 1.807) is 0 Å². The number of carbonyl (C=O) groups is 1. The molecular weight excluding hydrogens is 237 g/mol. The van der Waals surface area contributed by atoms with E-state index in [-0.39, 0.29) is 4.35 Å². The Morgan fingerprint density at radius 2 is 1.77 bits per heavy atom. The molecule has 1 amide bonds. The van der Waals surface area contributed by atoms with Crippen LogP contribution in [0.4, 0.5) is 5.69 Å². The van der Waals surface area contributed by atoms with E-state index in [1.165, 1.54) is 24.3 Å². The van der Waals surface area contributed by atoms with E-state index in [4.69, 9.17) is 8.19 Å². The number of benzene rings is 1. The van der Waals surface area contributed by atoms with Gasteiger partial charge < -0.3 is 0 Å². The second-order valence-electron chi connectivity index (χ2n) is 2.35. The van der Waals surface area contributed by atoms with Crippen molar-refractivity contribution < 1.29 is 16.7 Å². The molecule has 6 heteroatoms. The van der Waals surface area contributed by atoms with Crippen LogP contribution < -0.4 is 9.67 Å². The van der Waals surface area contributed by atoms with Gasteiger partial charge in [-0.1, -0.05) is 0 Å². The van der Waals surface area contributed by atoms with Crippen LogP contribution in [-0.4, -0.2) is 28.8 Å². The molecule has 0 bridgehead atoms. The zero-order chi connectivity index (χ0) is 9.90. The average molecular weight is 245 g/mol. The van der Waals surface area contributed by atoms with Crippen molar-refractivity contribution >= 4 is 30.6 Å². The summed E-state index contributed by atoms with van der Waals surface area (Å²) < 4.78 is 28.3. The van der Waals surface area contributed by atoms with Gasteiger partial charge in [-0.3, -0.25) is 0 Å². The molecular formula is C7H8AsNO4. The van der Waals surface area contributed by atoms with Gasteiger partial charge in [0.2, 0.25) is 0 Å². The second-order valence-corrected chi connectivity index (χ2v) is 5.72. The van der Waals surface area contributed by atoms with Crippen LogP contribution in [0, 0.1) is 0 Å². The van der Waals surface area contributed by atoms with Crippen molar-refractivity contribution in [1.29, 1.82) is 0 Å². The third-order valence-corrected chi connectivity index (χ3v) is 3.47. The maximum atomic E-state index is 10.8. The first-order valence-electron chi connectivity index (χ1n) is 3.40. The molecule has 0 radical (unpaired) electrons. The molecule has 13 heavy (non-hydrogen) atoms. The zero-order valence-electron chi connectivity index (χ0n) is 6.54. The number of nitrogens with one attached hydrogen (secondary N) is 1. The molecule has 3 N–H and O–H groups in total. The Hall–Kier alpha value is -1.03. The predicted octanol–water partition coefficient (Wildman–Crippen LogP) is -1.18. The van der Waals surface area contributed by atoms with Gasteiger partial charge in [-0.2, -0.15) is 0 Å². The summed E-state index contributed by atoms with van der Waals surface area (Å²) in [5, 5.41) is 2.36. The Balaban J connectivity index is 2.94. The molecule has 0 aromatic heterocycles. The van der Waals surface area contributed by atoms with Crippen molar-refractivity contribution in [2.45, 2.75) is 0 Å². The SMILES string of the molecule is O=CNc1ccc([As](=O)(O)O)cc1. The molecule has 0 aliphatic heterocycles. The summed E-state index contributed by atoms with van der Waals surface area (Å²) in [7, 11) is 0. The fraction of sp³-hybridized carbons (Fsp3) is 0. The average Bonchev–Trinajstić information content (AvgIpc) is 2.04. The standard InChI is InChI=1S/C7H8AsNO4/c10-5-9-7-3-1-6(2-4-7)8(11,12)13/h1-5H,(H,9,10)(H2,11,12,13). The quantitative estimate of drug-likeness (QED) is 0.462. The van der Waals surface area contributed by atoms with Crippen LogP contribution >= 0.6 is 0 Å². The van der Waals surface area contributed by atoms with Crippen molar-refractivity contribution in [3.63, 3.8) is 0 Å². The first-order chi connectivity index (χ1) is 6.04. The number of hydrogen-bond acceptors (Lipinski definition) is 2. The Bertz CT molecular complexity index is 342. The number of carbonyl (C=O) groups excluding carboxylic acids is 1. The summed E-state index contributed by atoms with van der Waals surface area (Å²) in [5.74, 6) is 0. The van der Waals surface area contributed by atoms with Gasteiger partial charge in [-0.15, -0.1) is 0 Å². The molecule has 1 aromatic rings. The van der Waals surface area contributed by atoms with Gasteiger partial charge in [-0.05, 0) is 0 Å². The number of hydrogen-bond donors (Lipinski definition) is 3. The van der Waals surface area contributed by atoms with Crippen molar-refractivity contribution in [3.05, 3.63) is 24.3 Å². The van der Waals surface area contributed by atoms with Crippen LogP contribution in [0.1, 0.15) is 0 Å². The molecule has 1 rings (SSSR count). The molecule has 70 valence electrons. The molecule has 0 saturated heterocycles. The molecule has 0 heterocycles. The topological polar surface area (TPSA) is 86.6 Å². The molecule has 0 unspecified atom stereocenters. The fourth-order valence-electron chi connectivity index (χ4n) is 0.820. The summed E-state index contributed by atoms with van der Waals surface area (Å²) in [6, 6.07) is 5.46. The van der Waals surface area contributed by atoms with Crippen molar-refractivity contribution in [1.82, 2.24) is 0 Å². The normalized spacial score (nSPS) is 10.9. The number of rotatable bonds is 3. The van der Waals surface area contributed by atoms with Gasteiger partial charge in [0.05, 0.1) is 0 Å². The van der Waals surface area contributed by atoms with E-state index < -0.39 is 14.2 Å². The van der Waals surface area contributed by atoms with Crippen LogP contribution in [0.3, 0.4) is 0 Å². The predicted molar refractivity (Wildman–Crippen MR) is 46.6 cm³/mol. The summed E-state index contributed by atoms with van der Waals surface area (Å²) in [5.41, 5.74) is 0.503. The molecule has 5 nitrogen and oxygen atoms in total. The minimum atomic E-state index is -4.77. The summed E-state index contributed by atoms with van der Waals surface area (Å²) in [6.45, 7) is 0. The van der Waals surface area contributed by atoms with E-state index in [0.717, 1.165) is 0 Å². The molecule has 0 saturated carbocycles. The molecule has 0 fully saturated rings. The monoisotopic (exact) mass is 245 g/mol. The van der Waals surface area contributed by atoms with Gasteiger partial charge in [-0.25, -0.2) is 0 Å². The van der Waals surface area contributed by atoms with Crippen LogP contribution in [0.5, 0.6) is 0 Å². The van der Waals surface area contributed by atoms with Crippen molar-refractivity contribution in [2.24, 2.45) is 0 Å². The Morgan fingerprint density at radius 3 is 2.15 bits per heavy atom. The minimum absolute atomic E-state index is 0.00502. The molecule has 0 spiro atoms. The van der Waals surface area contributed by atoms with Crippen LogP contribution in [0.2, 0.25) is 0 Å². The van der Waals surface area contributed by atoms with E-state index >= 15 is 0 Å². The molecule has 0 aliphatic carbocycles. The summed E-state index contributed by atoms with van der Waals surface area (Å²) in [6.07, 6.45) is 0.498. The fourth-order valence-corrected chi connectivity index (χ4v) is 1.95. The second kappa shape index (κ2) is 3.79. The van der Waals surface area contributed by atoms with Gasteiger partial charge in [0.15, 0.2) is 0 Å². The first-order valence-corrected chi connectivity index (χ1v) is 6.78. The van der Waals surface area contributed by atoms with E-state index in [0.29, 0.717) is 12.1 Å². The summed E-state index contributed by atoms with van der Waals surface area (Å²) >= 11 is -4.77. The molecule has 1 aromatic carbocycles. The van der Waals surface area contributed by atoms with E-state index in [2.05, 4.69) is 5.32 Å². The third kappa shape index (κ3) is 2.73. The molecule has 0 aliphatic rings. The first kappa shape index (κ1) is 10.1. The van der Waals surface area contributed by atoms with Crippen molar-refractivity contribution in [3.8, 4) is 0 Å². The molecule has 0 atom stereocenters. The van der Waals surface area contributed by atoms with Gasteiger partial charge in [0, 0.05) is 0 Å². The van der Waals surface area contributed by atoms with Crippen LogP contribution in [-0.2, 0) is 8.53 Å².